The molecule has 1 aliphatic rings. The SMILES string of the molecule is C.O=C1NCCN1c1ccc(-c2nn(-c3c(F)cccc3F)c3c(Cl)c[nH]c(=O)c23)cc1. The number of fused-ring (bicyclic) bond motifs is 1. The van der Waals surface area contributed by atoms with Gasteiger partial charge in [0, 0.05) is 30.5 Å². The van der Waals surface area contributed by atoms with Gasteiger partial charge in [-0.15, -0.1) is 0 Å². The highest BCUT2D eigenvalue weighted by atomic mass is 35.5. The van der Waals surface area contributed by atoms with E-state index in [-0.39, 0.29) is 35.1 Å². The second-order valence-corrected chi connectivity index (χ2v) is 7.36. The average Bonchev–Trinajstić information content (AvgIpc) is 3.36. The van der Waals surface area contributed by atoms with Crippen molar-refractivity contribution in [2.24, 2.45) is 0 Å². The van der Waals surface area contributed by atoms with Gasteiger partial charge < -0.3 is 10.3 Å². The summed E-state index contributed by atoms with van der Waals surface area (Å²) in [5.74, 6) is -1.69. The summed E-state index contributed by atoms with van der Waals surface area (Å²) >= 11 is 6.29. The van der Waals surface area contributed by atoms with Crippen LogP contribution in [0.25, 0.3) is 27.8 Å². The molecule has 4 aromatic rings. The summed E-state index contributed by atoms with van der Waals surface area (Å²) in [5.41, 5.74) is 0.564. The minimum Gasteiger partial charge on any atom is -0.336 e. The highest BCUT2D eigenvalue weighted by molar-refractivity contribution is 6.35. The van der Waals surface area contributed by atoms with Crippen LogP contribution in [0, 0.1) is 11.6 Å². The quantitative estimate of drug-likeness (QED) is 0.476. The predicted octanol–water partition coefficient (Wildman–Crippen LogP) is 4.48. The topological polar surface area (TPSA) is 83.0 Å². The monoisotopic (exact) mass is 457 g/mol. The summed E-state index contributed by atoms with van der Waals surface area (Å²) in [6.07, 6.45) is 1.25. The molecule has 0 spiro atoms. The third-order valence-electron chi connectivity index (χ3n) is 5.13. The van der Waals surface area contributed by atoms with Crippen LogP contribution in [0.1, 0.15) is 7.43 Å². The molecule has 1 fully saturated rings. The first-order valence-corrected chi connectivity index (χ1v) is 9.73. The van der Waals surface area contributed by atoms with Gasteiger partial charge in [0.25, 0.3) is 5.56 Å². The largest absolute Gasteiger partial charge is 0.336 e. The molecule has 0 saturated carbocycles. The van der Waals surface area contributed by atoms with E-state index < -0.39 is 22.9 Å². The lowest BCUT2D eigenvalue weighted by atomic mass is 10.1. The van der Waals surface area contributed by atoms with Crippen LogP contribution < -0.4 is 15.8 Å². The third-order valence-corrected chi connectivity index (χ3v) is 5.42. The molecular weight excluding hydrogens is 440 g/mol. The Morgan fingerprint density at radius 3 is 2.34 bits per heavy atom. The van der Waals surface area contributed by atoms with E-state index >= 15 is 0 Å². The number of urea groups is 1. The molecule has 7 nitrogen and oxygen atoms in total. The van der Waals surface area contributed by atoms with Gasteiger partial charge in [0.1, 0.15) is 16.9 Å². The zero-order chi connectivity index (χ0) is 21.7. The third kappa shape index (κ3) is 3.31. The number of benzene rings is 2. The number of pyridine rings is 1. The Bertz CT molecular complexity index is 1380. The Hall–Kier alpha value is -3.72. The maximum Gasteiger partial charge on any atom is 0.321 e. The molecular formula is C22H18ClF2N5O2. The molecule has 32 heavy (non-hydrogen) atoms. The smallest absolute Gasteiger partial charge is 0.321 e. The number of hydrogen-bond donors (Lipinski definition) is 2. The molecule has 2 aromatic heterocycles. The number of rotatable bonds is 3. The number of nitrogens with zero attached hydrogens (tertiary/aromatic N) is 3. The summed E-state index contributed by atoms with van der Waals surface area (Å²) in [6.45, 7) is 1.09. The van der Waals surface area contributed by atoms with Gasteiger partial charge in [-0.1, -0.05) is 37.2 Å². The van der Waals surface area contributed by atoms with Crippen molar-refractivity contribution in [3.63, 3.8) is 0 Å². The molecule has 0 atom stereocenters. The fraction of sp³-hybridized carbons (Fsp3) is 0.136. The summed E-state index contributed by atoms with van der Waals surface area (Å²) in [7, 11) is 0. The summed E-state index contributed by atoms with van der Waals surface area (Å²) in [6, 6.07) is 10.0. The maximum atomic E-state index is 14.5. The molecule has 0 radical (unpaired) electrons. The van der Waals surface area contributed by atoms with Crippen LogP contribution in [0.2, 0.25) is 5.02 Å². The van der Waals surface area contributed by atoms with E-state index in [0.29, 0.717) is 24.3 Å². The molecule has 10 heteroatoms. The predicted molar refractivity (Wildman–Crippen MR) is 120 cm³/mol. The standard InChI is InChI=1S/C21H14ClF2N5O2.CH4/c22-13-10-26-20(30)16-17(11-4-6-12(7-5-11)28-9-8-25-21(28)31)27-29(18(13)16)19-14(23)2-1-3-15(19)24;/h1-7,10H,8-9H2,(H,25,31)(H,26,30);1H4. The second-order valence-electron chi connectivity index (χ2n) is 6.95. The molecule has 3 heterocycles. The molecule has 0 aliphatic carbocycles. The summed E-state index contributed by atoms with van der Waals surface area (Å²) < 4.78 is 30.0. The van der Waals surface area contributed by atoms with Crippen molar-refractivity contribution in [1.29, 1.82) is 0 Å². The highest BCUT2D eigenvalue weighted by Crippen LogP contribution is 2.33. The van der Waals surface area contributed by atoms with E-state index in [9.17, 15) is 18.4 Å². The van der Waals surface area contributed by atoms with E-state index in [2.05, 4.69) is 15.4 Å². The fourth-order valence-corrected chi connectivity index (χ4v) is 3.92. The van der Waals surface area contributed by atoms with Gasteiger partial charge in [-0.25, -0.2) is 18.3 Å². The van der Waals surface area contributed by atoms with Crippen LogP contribution >= 0.6 is 11.6 Å². The van der Waals surface area contributed by atoms with E-state index in [4.69, 9.17) is 11.6 Å². The molecule has 0 unspecified atom stereocenters. The highest BCUT2D eigenvalue weighted by Gasteiger charge is 2.24. The summed E-state index contributed by atoms with van der Waals surface area (Å²) in [5, 5.41) is 7.26. The molecule has 5 rings (SSSR count). The Labute approximate surface area is 186 Å². The van der Waals surface area contributed by atoms with Crippen LogP contribution in [0.5, 0.6) is 0 Å². The first kappa shape index (κ1) is 21.5. The molecule has 2 amide bonds. The minimum absolute atomic E-state index is 0. The van der Waals surface area contributed by atoms with Crippen molar-refractivity contribution >= 4 is 34.2 Å². The van der Waals surface area contributed by atoms with E-state index in [1.54, 1.807) is 29.2 Å². The van der Waals surface area contributed by atoms with Gasteiger partial charge >= 0.3 is 6.03 Å². The van der Waals surface area contributed by atoms with Crippen LogP contribution in [0.15, 0.2) is 53.5 Å². The van der Waals surface area contributed by atoms with Crippen LogP contribution in [0.4, 0.5) is 19.3 Å². The van der Waals surface area contributed by atoms with Crippen molar-refractivity contribution in [3.05, 3.63) is 75.7 Å². The first-order valence-electron chi connectivity index (χ1n) is 9.36. The number of carbonyl (C=O) groups excluding carboxylic acids is 1. The van der Waals surface area contributed by atoms with Crippen molar-refractivity contribution in [1.82, 2.24) is 20.1 Å². The lowest BCUT2D eigenvalue weighted by Gasteiger charge is -2.14. The molecule has 2 aromatic carbocycles. The number of H-pyrrole nitrogens is 1. The lowest BCUT2D eigenvalue weighted by molar-refractivity contribution is 0.252. The molecule has 164 valence electrons. The van der Waals surface area contributed by atoms with Crippen molar-refractivity contribution in [2.45, 2.75) is 7.43 Å². The van der Waals surface area contributed by atoms with Gasteiger partial charge in [-0.3, -0.25) is 9.69 Å². The van der Waals surface area contributed by atoms with Crippen LogP contribution in [-0.4, -0.2) is 33.9 Å². The number of carbonyl (C=O) groups is 1. The Morgan fingerprint density at radius 2 is 1.72 bits per heavy atom. The van der Waals surface area contributed by atoms with Gasteiger partial charge in [0.15, 0.2) is 11.6 Å². The second kappa shape index (κ2) is 8.08. The van der Waals surface area contributed by atoms with Crippen molar-refractivity contribution < 1.29 is 13.6 Å². The van der Waals surface area contributed by atoms with Crippen molar-refractivity contribution in [2.75, 3.05) is 18.0 Å². The zero-order valence-corrected chi connectivity index (χ0v) is 16.6. The van der Waals surface area contributed by atoms with Gasteiger partial charge in [0.05, 0.1) is 10.4 Å². The van der Waals surface area contributed by atoms with E-state index in [1.165, 1.54) is 12.3 Å². The Kier molecular flexibility index (Phi) is 5.43. The van der Waals surface area contributed by atoms with E-state index in [1.807, 2.05) is 0 Å². The number of halogens is 3. The van der Waals surface area contributed by atoms with Crippen molar-refractivity contribution in [3.8, 4) is 16.9 Å². The molecule has 1 saturated heterocycles. The number of anilines is 1. The number of hydrogen-bond acceptors (Lipinski definition) is 3. The minimum atomic E-state index is -0.845. The van der Waals surface area contributed by atoms with E-state index in [0.717, 1.165) is 16.8 Å². The normalized spacial score (nSPS) is 13.3. The van der Waals surface area contributed by atoms with Crippen LogP contribution in [0.3, 0.4) is 0 Å². The van der Waals surface area contributed by atoms with Crippen LogP contribution in [-0.2, 0) is 0 Å². The molecule has 2 N–H and O–H groups in total. The average molecular weight is 458 g/mol. The number of amides is 2. The van der Waals surface area contributed by atoms with Gasteiger partial charge in [-0.2, -0.15) is 5.10 Å². The number of aromatic amines is 1. The molecule has 0 bridgehead atoms. The first-order chi connectivity index (χ1) is 15.0. The molecule has 1 aliphatic heterocycles. The lowest BCUT2D eigenvalue weighted by Crippen LogP contribution is -2.27. The number of para-hydroxylation sites is 1. The van der Waals surface area contributed by atoms with Gasteiger partial charge in [0.2, 0.25) is 0 Å². The fourth-order valence-electron chi connectivity index (χ4n) is 3.70. The number of nitrogens with one attached hydrogen (secondary N) is 2. The Balaban J connectivity index is 0.00000245. The Morgan fingerprint density at radius 1 is 1.03 bits per heavy atom. The van der Waals surface area contributed by atoms with Gasteiger partial charge in [-0.05, 0) is 24.3 Å². The zero-order valence-electron chi connectivity index (χ0n) is 15.8. The summed E-state index contributed by atoms with van der Waals surface area (Å²) in [4.78, 5) is 28.6. The number of aromatic nitrogens is 3. The maximum absolute atomic E-state index is 14.5.